The molecule has 0 fully saturated rings. The highest BCUT2D eigenvalue weighted by atomic mass is 16.6. The lowest BCUT2D eigenvalue weighted by molar-refractivity contribution is -0.134. The van der Waals surface area contributed by atoms with Gasteiger partial charge >= 0.3 is 5.97 Å². The predicted molar refractivity (Wildman–Crippen MR) is 104 cm³/mol. The summed E-state index contributed by atoms with van der Waals surface area (Å²) in [6.45, 7) is 8.21. The first-order chi connectivity index (χ1) is 12.8. The first-order valence-electron chi connectivity index (χ1n) is 9.23. The zero-order valence-corrected chi connectivity index (χ0v) is 16.2. The number of amides is 1. The number of cyclic esters (lactones) is 1. The Bertz CT molecular complexity index is 874. The molecular weight excluding hydrogens is 342 g/mol. The monoisotopic (exact) mass is 367 g/mol. The largest absolute Gasteiger partial charge is 0.492 e. The van der Waals surface area contributed by atoms with Crippen LogP contribution in [0.3, 0.4) is 0 Å². The topological polar surface area (TPSA) is 64.6 Å². The predicted octanol–water partition coefficient (Wildman–Crippen LogP) is 4.32. The lowest BCUT2D eigenvalue weighted by atomic mass is 9.86. The van der Waals surface area contributed by atoms with Crippen molar-refractivity contribution in [1.29, 1.82) is 0 Å². The van der Waals surface area contributed by atoms with Gasteiger partial charge in [-0.25, -0.2) is 4.79 Å². The lowest BCUT2D eigenvalue weighted by Gasteiger charge is -2.33. The summed E-state index contributed by atoms with van der Waals surface area (Å²) in [6, 6.07) is 12.9. The van der Waals surface area contributed by atoms with Crippen molar-refractivity contribution >= 4 is 17.6 Å². The van der Waals surface area contributed by atoms with Crippen LogP contribution < -0.4 is 10.1 Å². The summed E-state index contributed by atoms with van der Waals surface area (Å²) in [5.41, 5.74) is 1.78. The number of nitrogens with one attached hydrogen (secondary N) is 1. The van der Waals surface area contributed by atoms with Crippen LogP contribution >= 0.6 is 0 Å². The van der Waals surface area contributed by atoms with Crippen LogP contribution in [0.15, 0.2) is 42.5 Å². The third-order valence-corrected chi connectivity index (χ3v) is 4.78. The molecule has 1 atom stereocenters. The number of rotatable bonds is 5. The quantitative estimate of drug-likeness (QED) is 0.800. The van der Waals surface area contributed by atoms with Crippen molar-refractivity contribution in [1.82, 2.24) is 0 Å². The Morgan fingerprint density at radius 3 is 2.70 bits per heavy atom. The summed E-state index contributed by atoms with van der Waals surface area (Å²) in [7, 11) is 0. The molecule has 2 aromatic rings. The number of ether oxygens (including phenoxy) is 2. The Hall–Kier alpha value is -2.82. The van der Waals surface area contributed by atoms with E-state index in [1.165, 1.54) is 0 Å². The van der Waals surface area contributed by atoms with Gasteiger partial charge in [0.2, 0.25) is 0 Å². The molecule has 1 aliphatic rings. The second kappa shape index (κ2) is 7.43. The number of hydrogen-bond acceptors (Lipinski definition) is 4. The number of benzene rings is 2. The fraction of sp³-hybridized carbons (Fsp3) is 0.364. The number of fused-ring (bicyclic) bond motifs is 1. The molecule has 5 heteroatoms. The van der Waals surface area contributed by atoms with E-state index in [0.717, 1.165) is 11.1 Å². The molecule has 0 saturated heterocycles. The normalized spacial score (nSPS) is 18.6. The molecule has 1 amide bonds. The van der Waals surface area contributed by atoms with E-state index in [0.29, 0.717) is 35.9 Å². The van der Waals surface area contributed by atoms with Crippen molar-refractivity contribution in [2.24, 2.45) is 0 Å². The second-order valence-electron chi connectivity index (χ2n) is 7.25. The minimum atomic E-state index is -1.28. The van der Waals surface area contributed by atoms with Gasteiger partial charge in [0.25, 0.3) is 5.91 Å². The van der Waals surface area contributed by atoms with Crippen LogP contribution in [0.4, 0.5) is 5.69 Å². The average Bonchev–Trinajstić information content (AvgIpc) is 2.62. The van der Waals surface area contributed by atoms with Crippen LogP contribution in [0.25, 0.3) is 0 Å². The highest BCUT2D eigenvalue weighted by molar-refractivity contribution is 6.03. The van der Waals surface area contributed by atoms with Gasteiger partial charge in [0.15, 0.2) is 5.60 Å². The van der Waals surface area contributed by atoms with Crippen molar-refractivity contribution < 1.29 is 19.1 Å². The fourth-order valence-corrected chi connectivity index (χ4v) is 3.21. The Morgan fingerprint density at radius 1 is 1.26 bits per heavy atom. The minimum Gasteiger partial charge on any atom is -0.492 e. The molecule has 0 aliphatic carbocycles. The smallest absolute Gasteiger partial charge is 0.339 e. The van der Waals surface area contributed by atoms with Crippen LogP contribution in [0.1, 0.15) is 55.1 Å². The third kappa shape index (κ3) is 3.82. The molecule has 1 aliphatic heterocycles. The summed E-state index contributed by atoms with van der Waals surface area (Å²) >= 11 is 0. The fourth-order valence-electron chi connectivity index (χ4n) is 3.21. The molecule has 142 valence electrons. The SMILES string of the molecule is CCOc1ccccc1NC(=O)C1(C)Cc2cc(C(C)C)ccc2C(=O)O1. The molecule has 0 radical (unpaired) electrons. The summed E-state index contributed by atoms with van der Waals surface area (Å²) in [5, 5.41) is 2.85. The molecule has 1 unspecified atom stereocenters. The summed E-state index contributed by atoms with van der Waals surface area (Å²) < 4.78 is 11.1. The molecule has 5 nitrogen and oxygen atoms in total. The van der Waals surface area contributed by atoms with Gasteiger partial charge in [-0.3, -0.25) is 4.79 Å². The first kappa shape index (κ1) is 19.0. The van der Waals surface area contributed by atoms with Crippen LogP contribution in [-0.2, 0) is 16.0 Å². The van der Waals surface area contributed by atoms with Gasteiger partial charge in [0, 0.05) is 6.42 Å². The number of carbonyl (C=O) groups is 2. The van der Waals surface area contributed by atoms with E-state index < -0.39 is 11.6 Å². The Morgan fingerprint density at radius 2 is 2.00 bits per heavy atom. The molecule has 0 aromatic heterocycles. The zero-order chi connectivity index (χ0) is 19.6. The molecule has 1 N–H and O–H groups in total. The van der Waals surface area contributed by atoms with Gasteiger partial charge in [0.1, 0.15) is 5.75 Å². The molecule has 1 heterocycles. The summed E-state index contributed by atoms with van der Waals surface area (Å²) in [5.74, 6) is 0.0823. The Balaban J connectivity index is 1.87. The molecule has 3 rings (SSSR count). The van der Waals surface area contributed by atoms with Crippen molar-refractivity contribution in [3.63, 3.8) is 0 Å². The lowest BCUT2D eigenvalue weighted by Crippen LogP contribution is -2.49. The van der Waals surface area contributed by atoms with Gasteiger partial charge in [-0.2, -0.15) is 0 Å². The van der Waals surface area contributed by atoms with Crippen molar-refractivity contribution in [3.8, 4) is 5.75 Å². The van der Waals surface area contributed by atoms with Gasteiger partial charge < -0.3 is 14.8 Å². The number of anilines is 1. The standard InChI is InChI=1S/C22H25NO4/c1-5-26-19-9-7-6-8-18(19)23-21(25)22(4)13-16-12-15(14(2)3)10-11-17(16)20(24)27-22/h6-12,14H,5,13H2,1-4H3,(H,23,25). The van der Waals surface area contributed by atoms with Gasteiger partial charge in [-0.15, -0.1) is 0 Å². The van der Waals surface area contributed by atoms with Crippen LogP contribution in [0.5, 0.6) is 5.75 Å². The van der Waals surface area contributed by atoms with Gasteiger partial charge in [-0.1, -0.05) is 38.1 Å². The zero-order valence-electron chi connectivity index (χ0n) is 16.2. The minimum absolute atomic E-state index is 0.331. The van der Waals surface area contributed by atoms with Crippen LogP contribution in [-0.4, -0.2) is 24.1 Å². The highest BCUT2D eigenvalue weighted by Gasteiger charge is 2.43. The average molecular weight is 367 g/mol. The molecular formula is C22H25NO4. The molecule has 0 spiro atoms. The van der Waals surface area contributed by atoms with E-state index in [1.54, 1.807) is 25.1 Å². The van der Waals surface area contributed by atoms with Crippen molar-refractivity contribution in [2.75, 3.05) is 11.9 Å². The maximum absolute atomic E-state index is 13.0. The van der Waals surface area contributed by atoms with Crippen molar-refractivity contribution in [3.05, 3.63) is 59.2 Å². The van der Waals surface area contributed by atoms with Crippen LogP contribution in [0.2, 0.25) is 0 Å². The van der Waals surface area contributed by atoms with E-state index in [2.05, 4.69) is 19.2 Å². The van der Waals surface area contributed by atoms with Gasteiger partial charge in [-0.05, 0) is 49.1 Å². The van der Waals surface area contributed by atoms with E-state index in [-0.39, 0.29) is 5.91 Å². The third-order valence-electron chi connectivity index (χ3n) is 4.78. The number of esters is 1. The number of hydrogen-bond donors (Lipinski definition) is 1. The second-order valence-corrected chi connectivity index (χ2v) is 7.25. The van der Waals surface area contributed by atoms with Gasteiger partial charge in [0.05, 0.1) is 17.9 Å². The maximum atomic E-state index is 13.0. The molecule has 27 heavy (non-hydrogen) atoms. The Labute approximate surface area is 159 Å². The van der Waals surface area contributed by atoms with Crippen molar-refractivity contribution in [2.45, 2.75) is 45.6 Å². The molecule has 2 aromatic carbocycles. The maximum Gasteiger partial charge on any atom is 0.339 e. The summed E-state index contributed by atoms with van der Waals surface area (Å²) in [6.07, 6.45) is 0.331. The Kier molecular flexibility index (Phi) is 5.22. The van der Waals surface area contributed by atoms with E-state index >= 15 is 0 Å². The highest BCUT2D eigenvalue weighted by Crippen LogP contribution is 2.32. The molecule has 0 bridgehead atoms. The summed E-state index contributed by atoms with van der Waals surface area (Å²) in [4.78, 5) is 25.5. The number of para-hydroxylation sites is 2. The van der Waals surface area contributed by atoms with E-state index in [9.17, 15) is 9.59 Å². The number of carbonyl (C=O) groups excluding carboxylic acids is 2. The van der Waals surface area contributed by atoms with E-state index in [4.69, 9.17) is 9.47 Å². The molecule has 0 saturated carbocycles. The first-order valence-corrected chi connectivity index (χ1v) is 9.23. The van der Waals surface area contributed by atoms with E-state index in [1.807, 2.05) is 31.2 Å². The van der Waals surface area contributed by atoms with Crippen LogP contribution in [0, 0.1) is 0 Å².